The molecule has 0 amide bonds. The summed E-state index contributed by atoms with van der Waals surface area (Å²) in [7, 11) is 0. The maximum Gasteiger partial charge on any atom is 0.148 e. The van der Waals surface area contributed by atoms with E-state index in [9.17, 15) is 5.11 Å². The number of ether oxygens (including phenoxy) is 1. The number of halogens is 1. The summed E-state index contributed by atoms with van der Waals surface area (Å²) in [5.74, 6) is 6.49. The molecule has 0 aliphatic carbocycles. The SMILES string of the molecule is Cc1cccc(C#CC(O)COc2ccc3ccccc3c2Br)c1. The molecule has 0 aliphatic heterocycles. The van der Waals surface area contributed by atoms with Gasteiger partial charge >= 0.3 is 0 Å². The van der Waals surface area contributed by atoms with Crippen LogP contribution in [-0.4, -0.2) is 17.8 Å². The van der Waals surface area contributed by atoms with Gasteiger partial charge in [-0.25, -0.2) is 0 Å². The Labute approximate surface area is 150 Å². The summed E-state index contributed by atoms with van der Waals surface area (Å²) in [6.07, 6.45) is -0.844. The number of aliphatic hydroxyl groups is 1. The van der Waals surface area contributed by atoms with Gasteiger partial charge in [-0.1, -0.05) is 54.3 Å². The van der Waals surface area contributed by atoms with Crippen molar-refractivity contribution in [3.63, 3.8) is 0 Å². The van der Waals surface area contributed by atoms with Crippen LogP contribution in [0.15, 0.2) is 65.1 Å². The van der Waals surface area contributed by atoms with Crippen LogP contribution in [0.4, 0.5) is 0 Å². The van der Waals surface area contributed by atoms with Crippen LogP contribution in [0.5, 0.6) is 5.75 Å². The molecule has 1 atom stereocenters. The van der Waals surface area contributed by atoms with E-state index in [1.165, 1.54) is 0 Å². The van der Waals surface area contributed by atoms with Crippen molar-refractivity contribution in [2.45, 2.75) is 13.0 Å². The summed E-state index contributed by atoms with van der Waals surface area (Å²) in [6.45, 7) is 2.14. The standard InChI is InChI=1S/C21H17BrO2/c1-15-5-4-6-16(13-15)9-11-18(23)14-24-20-12-10-17-7-2-3-8-19(17)21(20)22/h2-8,10,12-13,18,23H,14H2,1H3. The van der Waals surface area contributed by atoms with Crippen LogP contribution < -0.4 is 4.74 Å². The number of fused-ring (bicyclic) bond motifs is 1. The zero-order chi connectivity index (χ0) is 16.9. The van der Waals surface area contributed by atoms with Crippen molar-refractivity contribution in [1.82, 2.24) is 0 Å². The maximum atomic E-state index is 10.0. The van der Waals surface area contributed by atoms with Gasteiger partial charge in [0, 0.05) is 5.56 Å². The van der Waals surface area contributed by atoms with E-state index in [1.807, 2.05) is 67.6 Å². The number of hydrogen-bond acceptors (Lipinski definition) is 2. The first-order chi connectivity index (χ1) is 11.6. The molecule has 0 spiro atoms. The van der Waals surface area contributed by atoms with Crippen molar-refractivity contribution < 1.29 is 9.84 Å². The van der Waals surface area contributed by atoms with Crippen LogP contribution in [0.1, 0.15) is 11.1 Å². The highest BCUT2D eigenvalue weighted by molar-refractivity contribution is 9.10. The monoisotopic (exact) mass is 380 g/mol. The summed E-state index contributed by atoms with van der Waals surface area (Å²) in [6, 6.07) is 19.8. The first-order valence-corrected chi connectivity index (χ1v) is 8.49. The third-order valence-corrected chi connectivity index (χ3v) is 4.44. The second kappa shape index (κ2) is 7.53. The summed E-state index contributed by atoms with van der Waals surface area (Å²) >= 11 is 3.57. The Morgan fingerprint density at radius 1 is 1.08 bits per heavy atom. The average Bonchev–Trinajstić information content (AvgIpc) is 2.60. The Morgan fingerprint density at radius 2 is 1.92 bits per heavy atom. The Morgan fingerprint density at radius 3 is 2.75 bits per heavy atom. The molecule has 0 aliphatic rings. The molecule has 0 radical (unpaired) electrons. The average molecular weight is 381 g/mol. The van der Waals surface area contributed by atoms with Gasteiger partial charge in [0.2, 0.25) is 0 Å². The molecule has 3 rings (SSSR count). The Kier molecular flexibility index (Phi) is 5.20. The smallest absolute Gasteiger partial charge is 0.148 e. The Bertz CT molecular complexity index is 922. The van der Waals surface area contributed by atoms with Gasteiger partial charge in [-0.3, -0.25) is 0 Å². The molecule has 120 valence electrons. The van der Waals surface area contributed by atoms with Crippen molar-refractivity contribution in [3.05, 3.63) is 76.3 Å². The minimum Gasteiger partial charge on any atom is -0.489 e. The van der Waals surface area contributed by atoms with Crippen molar-refractivity contribution in [1.29, 1.82) is 0 Å². The van der Waals surface area contributed by atoms with E-state index in [2.05, 4.69) is 27.8 Å². The highest BCUT2D eigenvalue weighted by Gasteiger charge is 2.08. The lowest BCUT2D eigenvalue weighted by Gasteiger charge is -2.11. The van der Waals surface area contributed by atoms with Crippen molar-refractivity contribution in [2.75, 3.05) is 6.61 Å². The lowest BCUT2D eigenvalue weighted by atomic mass is 10.1. The van der Waals surface area contributed by atoms with Crippen LogP contribution in [0.2, 0.25) is 0 Å². The number of aliphatic hydroxyl groups excluding tert-OH is 1. The number of aryl methyl sites for hydroxylation is 1. The molecular weight excluding hydrogens is 364 g/mol. The molecule has 2 nitrogen and oxygen atoms in total. The van der Waals surface area contributed by atoms with Crippen LogP contribution in [0, 0.1) is 18.8 Å². The second-order valence-electron chi connectivity index (χ2n) is 5.56. The fourth-order valence-electron chi connectivity index (χ4n) is 2.42. The molecule has 3 aromatic carbocycles. The third-order valence-electron chi connectivity index (χ3n) is 3.63. The Hall–Kier alpha value is -2.28. The molecule has 24 heavy (non-hydrogen) atoms. The van der Waals surface area contributed by atoms with Gasteiger partial charge in [-0.2, -0.15) is 0 Å². The lowest BCUT2D eigenvalue weighted by Crippen LogP contribution is -2.15. The van der Waals surface area contributed by atoms with Crippen LogP contribution >= 0.6 is 15.9 Å². The highest BCUT2D eigenvalue weighted by Crippen LogP contribution is 2.33. The number of rotatable bonds is 3. The van der Waals surface area contributed by atoms with Gasteiger partial charge in [-0.05, 0) is 57.4 Å². The topological polar surface area (TPSA) is 29.5 Å². The van der Waals surface area contributed by atoms with Crippen molar-refractivity contribution >= 4 is 26.7 Å². The highest BCUT2D eigenvalue weighted by atomic mass is 79.9. The predicted octanol–water partition coefficient (Wildman–Crippen LogP) is 4.70. The van der Waals surface area contributed by atoms with E-state index in [1.54, 1.807) is 0 Å². The molecule has 0 heterocycles. The zero-order valence-electron chi connectivity index (χ0n) is 13.3. The summed E-state index contributed by atoms with van der Waals surface area (Å²) in [5.41, 5.74) is 2.04. The van der Waals surface area contributed by atoms with E-state index in [-0.39, 0.29) is 6.61 Å². The van der Waals surface area contributed by atoms with Crippen molar-refractivity contribution in [3.8, 4) is 17.6 Å². The minimum absolute atomic E-state index is 0.121. The van der Waals surface area contributed by atoms with Gasteiger partial charge < -0.3 is 9.84 Å². The van der Waals surface area contributed by atoms with E-state index < -0.39 is 6.10 Å². The molecule has 1 unspecified atom stereocenters. The molecule has 0 saturated carbocycles. The van der Waals surface area contributed by atoms with E-state index in [0.717, 1.165) is 26.4 Å². The fraction of sp³-hybridized carbons (Fsp3) is 0.143. The second-order valence-corrected chi connectivity index (χ2v) is 6.36. The van der Waals surface area contributed by atoms with Crippen molar-refractivity contribution in [2.24, 2.45) is 0 Å². The third kappa shape index (κ3) is 3.97. The number of hydrogen-bond donors (Lipinski definition) is 1. The molecule has 0 bridgehead atoms. The molecule has 0 saturated heterocycles. The Balaban J connectivity index is 1.69. The molecule has 3 heteroatoms. The quantitative estimate of drug-likeness (QED) is 0.667. The lowest BCUT2D eigenvalue weighted by molar-refractivity contribution is 0.151. The molecule has 0 aromatic heterocycles. The summed E-state index contributed by atoms with van der Waals surface area (Å²) < 4.78 is 6.61. The van der Waals surface area contributed by atoms with Crippen LogP contribution in [0.25, 0.3) is 10.8 Å². The fourth-order valence-corrected chi connectivity index (χ4v) is 3.03. The molecule has 3 aromatic rings. The van der Waals surface area contributed by atoms with Gasteiger partial charge in [0.15, 0.2) is 0 Å². The largest absolute Gasteiger partial charge is 0.489 e. The zero-order valence-corrected chi connectivity index (χ0v) is 14.9. The molecule has 0 fully saturated rings. The number of benzene rings is 3. The normalized spacial score (nSPS) is 11.6. The maximum absolute atomic E-state index is 10.0. The van der Waals surface area contributed by atoms with Gasteiger partial charge in [-0.15, -0.1) is 0 Å². The first kappa shape index (κ1) is 16.6. The van der Waals surface area contributed by atoms with E-state index in [0.29, 0.717) is 5.75 Å². The first-order valence-electron chi connectivity index (χ1n) is 7.70. The van der Waals surface area contributed by atoms with Crippen LogP contribution in [0.3, 0.4) is 0 Å². The molecule has 1 N–H and O–H groups in total. The summed E-state index contributed by atoms with van der Waals surface area (Å²) in [5, 5.41) is 12.2. The van der Waals surface area contributed by atoms with Gasteiger partial charge in [0.25, 0.3) is 0 Å². The summed E-state index contributed by atoms with van der Waals surface area (Å²) in [4.78, 5) is 0. The predicted molar refractivity (Wildman–Crippen MR) is 101 cm³/mol. The van der Waals surface area contributed by atoms with Gasteiger partial charge in [0.05, 0.1) is 4.47 Å². The van der Waals surface area contributed by atoms with Gasteiger partial charge in [0.1, 0.15) is 18.5 Å². The van der Waals surface area contributed by atoms with E-state index >= 15 is 0 Å². The molecular formula is C21H17BrO2. The minimum atomic E-state index is -0.844. The van der Waals surface area contributed by atoms with E-state index in [4.69, 9.17) is 4.74 Å². The van der Waals surface area contributed by atoms with Crippen LogP contribution in [-0.2, 0) is 0 Å².